The molecule has 0 aliphatic carbocycles. The van der Waals surface area contributed by atoms with Crippen LogP contribution in [0, 0.1) is 11.3 Å². The molecule has 78 valence electrons. The number of nitriles is 1. The van der Waals surface area contributed by atoms with E-state index in [0.717, 1.165) is 31.7 Å². The van der Waals surface area contributed by atoms with Crippen LogP contribution in [-0.4, -0.2) is 36.1 Å². The van der Waals surface area contributed by atoms with Crippen LogP contribution in [0.1, 0.15) is 11.6 Å². The van der Waals surface area contributed by atoms with Gasteiger partial charge in [0.1, 0.15) is 6.04 Å². The summed E-state index contributed by atoms with van der Waals surface area (Å²) < 4.78 is 0. The van der Waals surface area contributed by atoms with Gasteiger partial charge in [0.25, 0.3) is 0 Å². The van der Waals surface area contributed by atoms with Gasteiger partial charge in [-0.1, -0.05) is 0 Å². The van der Waals surface area contributed by atoms with E-state index in [0.29, 0.717) is 0 Å². The first-order valence-electron chi connectivity index (χ1n) is 5.16. The van der Waals surface area contributed by atoms with Crippen LogP contribution in [-0.2, 0) is 0 Å². The number of hydrogen-bond donors (Lipinski definition) is 1. The molecule has 4 nitrogen and oxygen atoms in total. The summed E-state index contributed by atoms with van der Waals surface area (Å²) in [6, 6.07) is 6.05. The van der Waals surface area contributed by atoms with E-state index >= 15 is 0 Å². The van der Waals surface area contributed by atoms with Crippen molar-refractivity contribution in [2.24, 2.45) is 0 Å². The summed E-state index contributed by atoms with van der Waals surface area (Å²) in [5, 5.41) is 12.5. The fourth-order valence-corrected chi connectivity index (χ4v) is 1.85. The molecular weight excluding hydrogens is 188 g/mol. The molecule has 2 rings (SSSR count). The Balaban J connectivity index is 2.14. The molecule has 1 N–H and O–H groups in total. The first-order valence-corrected chi connectivity index (χ1v) is 5.16. The molecule has 1 aliphatic heterocycles. The van der Waals surface area contributed by atoms with Gasteiger partial charge in [-0.25, -0.2) is 0 Å². The third-order valence-electron chi connectivity index (χ3n) is 2.66. The Morgan fingerprint density at radius 3 is 2.60 bits per heavy atom. The highest BCUT2D eigenvalue weighted by Gasteiger charge is 2.21. The van der Waals surface area contributed by atoms with E-state index in [-0.39, 0.29) is 6.04 Å². The van der Waals surface area contributed by atoms with Crippen molar-refractivity contribution in [2.75, 3.05) is 26.2 Å². The van der Waals surface area contributed by atoms with Crippen molar-refractivity contribution in [3.05, 3.63) is 30.1 Å². The second-order valence-electron chi connectivity index (χ2n) is 3.60. The Morgan fingerprint density at radius 1 is 1.33 bits per heavy atom. The Labute approximate surface area is 89.5 Å². The number of aromatic nitrogens is 1. The van der Waals surface area contributed by atoms with E-state index in [1.165, 1.54) is 0 Å². The molecule has 1 fully saturated rings. The summed E-state index contributed by atoms with van der Waals surface area (Å²) in [6.07, 6.45) is 3.48. The molecule has 0 radical (unpaired) electrons. The summed E-state index contributed by atoms with van der Waals surface area (Å²) in [4.78, 5) is 6.17. The van der Waals surface area contributed by atoms with Gasteiger partial charge in [0.15, 0.2) is 0 Å². The largest absolute Gasteiger partial charge is 0.314 e. The van der Waals surface area contributed by atoms with Crippen LogP contribution in [0.2, 0.25) is 0 Å². The summed E-state index contributed by atoms with van der Waals surface area (Å²) in [7, 11) is 0. The van der Waals surface area contributed by atoms with Crippen molar-refractivity contribution in [1.29, 1.82) is 5.26 Å². The zero-order chi connectivity index (χ0) is 10.5. The van der Waals surface area contributed by atoms with E-state index in [9.17, 15) is 5.26 Å². The average molecular weight is 202 g/mol. The first kappa shape index (κ1) is 10.1. The SMILES string of the molecule is N#CC(c1ccncc1)N1CCNCC1. The van der Waals surface area contributed by atoms with Crippen LogP contribution in [0.3, 0.4) is 0 Å². The molecule has 1 aromatic rings. The Bertz CT molecular complexity index is 337. The normalized spacial score (nSPS) is 19.4. The molecular formula is C11H14N4. The Morgan fingerprint density at radius 2 is 2.00 bits per heavy atom. The van der Waals surface area contributed by atoms with Gasteiger partial charge >= 0.3 is 0 Å². The smallest absolute Gasteiger partial charge is 0.124 e. The molecule has 1 unspecified atom stereocenters. The van der Waals surface area contributed by atoms with Crippen LogP contribution in [0.15, 0.2) is 24.5 Å². The lowest BCUT2D eigenvalue weighted by molar-refractivity contribution is 0.207. The second kappa shape index (κ2) is 4.87. The zero-order valence-corrected chi connectivity index (χ0v) is 8.56. The minimum atomic E-state index is -0.130. The number of nitrogens with zero attached hydrogens (tertiary/aromatic N) is 3. The summed E-state index contributed by atoms with van der Waals surface area (Å²) >= 11 is 0. The van der Waals surface area contributed by atoms with Crippen molar-refractivity contribution in [3.8, 4) is 6.07 Å². The molecule has 0 aromatic carbocycles. The fraction of sp³-hybridized carbons (Fsp3) is 0.455. The van der Waals surface area contributed by atoms with Gasteiger partial charge in [0.2, 0.25) is 0 Å². The van der Waals surface area contributed by atoms with Crippen molar-refractivity contribution in [2.45, 2.75) is 6.04 Å². The van der Waals surface area contributed by atoms with E-state index in [4.69, 9.17) is 0 Å². The van der Waals surface area contributed by atoms with Gasteiger partial charge < -0.3 is 5.32 Å². The molecule has 0 spiro atoms. The predicted molar refractivity (Wildman–Crippen MR) is 57.0 cm³/mol. The van der Waals surface area contributed by atoms with Gasteiger partial charge in [-0.2, -0.15) is 5.26 Å². The van der Waals surface area contributed by atoms with Crippen LogP contribution in [0.5, 0.6) is 0 Å². The minimum Gasteiger partial charge on any atom is -0.314 e. The summed E-state index contributed by atoms with van der Waals surface area (Å²) in [5.41, 5.74) is 1.04. The average Bonchev–Trinajstić information content (AvgIpc) is 2.33. The molecule has 1 aromatic heterocycles. The second-order valence-corrected chi connectivity index (χ2v) is 3.60. The Kier molecular flexibility index (Phi) is 3.28. The lowest BCUT2D eigenvalue weighted by atomic mass is 10.1. The highest BCUT2D eigenvalue weighted by Crippen LogP contribution is 2.19. The van der Waals surface area contributed by atoms with Crippen molar-refractivity contribution >= 4 is 0 Å². The monoisotopic (exact) mass is 202 g/mol. The maximum absolute atomic E-state index is 9.20. The van der Waals surface area contributed by atoms with Crippen molar-refractivity contribution in [1.82, 2.24) is 15.2 Å². The molecule has 4 heteroatoms. The number of nitrogens with one attached hydrogen (secondary N) is 1. The van der Waals surface area contributed by atoms with E-state index in [1.54, 1.807) is 12.4 Å². The van der Waals surface area contributed by atoms with Gasteiger partial charge in [0.05, 0.1) is 6.07 Å². The Hall–Kier alpha value is -1.44. The molecule has 2 heterocycles. The molecule has 1 atom stereocenters. The van der Waals surface area contributed by atoms with Gasteiger partial charge in [-0.15, -0.1) is 0 Å². The van der Waals surface area contributed by atoms with Gasteiger partial charge in [-0.3, -0.25) is 9.88 Å². The lowest BCUT2D eigenvalue weighted by Crippen LogP contribution is -2.44. The van der Waals surface area contributed by atoms with E-state index in [1.807, 2.05) is 12.1 Å². The quantitative estimate of drug-likeness (QED) is 0.761. The number of piperazine rings is 1. The molecule has 1 saturated heterocycles. The maximum atomic E-state index is 9.20. The highest BCUT2D eigenvalue weighted by molar-refractivity contribution is 5.21. The molecule has 1 aliphatic rings. The fourth-order valence-electron chi connectivity index (χ4n) is 1.85. The lowest BCUT2D eigenvalue weighted by Gasteiger charge is -2.31. The summed E-state index contributed by atoms with van der Waals surface area (Å²) in [6.45, 7) is 3.79. The topological polar surface area (TPSA) is 52.0 Å². The number of rotatable bonds is 2. The molecule has 0 saturated carbocycles. The number of hydrogen-bond acceptors (Lipinski definition) is 4. The number of pyridine rings is 1. The van der Waals surface area contributed by atoms with Crippen LogP contribution in [0.4, 0.5) is 0 Å². The van der Waals surface area contributed by atoms with E-state index in [2.05, 4.69) is 21.3 Å². The third-order valence-corrected chi connectivity index (χ3v) is 2.66. The molecule has 15 heavy (non-hydrogen) atoms. The zero-order valence-electron chi connectivity index (χ0n) is 8.56. The van der Waals surface area contributed by atoms with Crippen molar-refractivity contribution < 1.29 is 0 Å². The molecule has 0 amide bonds. The standard InChI is InChI=1S/C11H14N4/c12-9-11(10-1-3-13-4-2-10)15-7-5-14-6-8-15/h1-4,11,14H,5-8H2. The maximum Gasteiger partial charge on any atom is 0.124 e. The third kappa shape index (κ3) is 2.32. The predicted octanol–water partition coefficient (Wildman–Crippen LogP) is 0.551. The van der Waals surface area contributed by atoms with Crippen molar-refractivity contribution in [3.63, 3.8) is 0 Å². The first-order chi connectivity index (χ1) is 7.42. The van der Waals surface area contributed by atoms with Gasteiger partial charge in [0, 0.05) is 38.6 Å². The van der Waals surface area contributed by atoms with E-state index < -0.39 is 0 Å². The van der Waals surface area contributed by atoms with Crippen LogP contribution < -0.4 is 5.32 Å². The van der Waals surface area contributed by atoms with Gasteiger partial charge in [-0.05, 0) is 17.7 Å². The summed E-state index contributed by atoms with van der Waals surface area (Å²) in [5.74, 6) is 0. The van der Waals surface area contributed by atoms with Crippen LogP contribution in [0.25, 0.3) is 0 Å². The molecule has 0 bridgehead atoms. The van der Waals surface area contributed by atoms with Crippen LogP contribution >= 0.6 is 0 Å². The minimum absolute atomic E-state index is 0.130. The highest BCUT2D eigenvalue weighted by atomic mass is 15.2.